The highest BCUT2D eigenvalue weighted by atomic mass is 16.5. The molecule has 1 saturated heterocycles. The summed E-state index contributed by atoms with van der Waals surface area (Å²) in [6.07, 6.45) is 2.16. The molecule has 0 bridgehead atoms. The molecule has 1 aliphatic rings. The molecule has 112 valence electrons. The van der Waals surface area contributed by atoms with Crippen LogP contribution in [0, 0.1) is 0 Å². The van der Waals surface area contributed by atoms with E-state index in [0.29, 0.717) is 26.3 Å². The fourth-order valence-corrected chi connectivity index (χ4v) is 2.01. The Morgan fingerprint density at radius 2 is 1.74 bits per heavy atom. The van der Waals surface area contributed by atoms with E-state index in [1.54, 1.807) is 19.1 Å². The average molecular weight is 274 g/mol. The van der Waals surface area contributed by atoms with Crippen molar-refractivity contribution >= 4 is 5.91 Å². The van der Waals surface area contributed by atoms with Gasteiger partial charge in [-0.1, -0.05) is 0 Å². The number of carbonyl (C=O) groups excluding carboxylic acids is 1. The summed E-state index contributed by atoms with van der Waals surface area (Å²) in [5.74, 6) is 0.00707. The Labute approximate surface area is 115 Å². The van der Waals surface area contributed by atoms with Crippen LogP contribution in [0.4, 0.5) is 0 Å². The number of piperidine rings is 1. The van der Waals surface area contributed by atoms with Crippen molar-refractivity contribution in [2.24, 2.45) is 0 Å². The van der Waals surface area contributed by atoms with Crippen LogP contribution in [0.15, 0.2) is 0 Å². The third-order valence-corrected chi connectivity index (χ3v) is 3.21. The predicted molar refractivity (Wildman–Crippen MR) is 72.2 cm³/mol. The summed E-state index contributed by atoms with van der Waals surface area (Å²) in [6, 6.07) is 0. The maximum atomic E-state index is 12.1. The first kappa shape index (κ1) is 16.4. The average Bonchev–Trinajstić information content (AvgIpc) is 2.46. The van der Waals surface area contributed by atoms with Crippen molar-refractivity contribution in [1.29, 1.82) is 0 Å². The molecule has 0 saturated carbocycles. The second-order valence-electron chi connectivity index (χ2n) is 4.63. The molecule has 6 nitrogen and oxygen atoms in total. The van der Waals surface area contributed by atoms with Crippen LogP contribution in [0.5, 0.6) is 0 Å². The molecule has 1 aliphatic heterocycles. The number of ether oxygens (including phenoxy) is 3. The van der Waals surface area contributed by atoms with Gasteiger partial charge in [-0.3, -0.25) is 4.79 Å². The van der Waals surface area contributed by atoms with E-state index < -0.39 is 0 Å². The molecule has 0 unspecified atom stereocenters. The Morgan fingerprint density at radius 1 is 1.16 bits per heavy atom. The van der Waals surface area contributed by atoms with Crippen LogP contribution in [-0.2, 0) is 19.0 Å². The molecule has 6 heteroatoms. The van der Waals surface area contributed by atoms with Gasteiger partial charge >= 0.3 is 0 Å². The Balaban J connectivity index is 2.28. The monoisotopic (exact) mass is 274 g/mol. The Kier molecular flexibility index (Phi) is 8.73. The lowest BCUT2D eigenvalue weighted by Crippen LogP contribution is -2.40. The van der Waals surface area contributed by atoms with E-state index in [1.807, 2.05) is 0 Å². The lowest BCUT2D eigenvalue weighted by atomic mass is 10.1. The van der Waals surface area contributed by atoms with Gasteiger partial charge in [0.2, 0.25) is 5.91 Å². The number of rotatable bonds is 9. The molecule has 1 fully saturated rings. The molecule has 1 N–H and O–H groups in total. The molecule has 0 radical (unpaired) electrons. The topological polar surface area (TPSA) is 60.0 Å². The van der Waals surface area contributed by atoms with Gasteiger partial charge in [-0.15, -0.1) is 0 Å². The van der Waals surface area contributed by atoms with E-state index >= 15 is 0 Å². The summed E-state index contributed by atoms with van der Waals surface area (Å²) >= 11 is 0. The number of amides is 1. The summed E-state index contributed by atoms with van der Waals surface area (Å²) in [5, 5.41) is 3.27. The normalized spacial score (nSPS) is 16.5. The Bertz CT molecular complexity index is 237. The number of nitrogens with one attached hydrogen (secondary N) is 1. The minimum atomic E-state index is 0.00707. The summed E-state index contributed by atoms with van der Waals surface area (Å²) in [4.78, 5) is 13.8. The molecule has 1 amide bonds. The zero-order valence-electron chi connectivity index (χ0n) is 12.0. The van der Waals surface area contributed by atoms with E-state index in [1.165, 1.54) is 0 Å². The molecule has 0 spiro atoms. The van der Waals surface area contributed by atoms with Gasteiger partial charge in [-0.25, -0.2) is 0 Å². The smallest absolute Gasteiger partial charge is 0.248 e. The SMILES string of the molecule is COCCN(CCOC)C(=O)COC1CCNCC1. The standard InChI is InChI=1S/C13H26N2O4/c1-17-9-7-15(8-10-18-2)13(16)11-19-12-3-5-14-6-4-12/h12,14H,3-11H2,1-2H3. The van der Waals surface area contributed by atoms with Crippen LogP contribution in [0.2, 0.25) is 0 Å². The van der Waals surface area contributed by atoms with Crippen molar-refractivity contribution in [1.82, 2.24) is 10.2 Å². The summed E-state index contributed by atoms with van der Waals surface area (Å²) < 4.78 is 15.7. The van der Waals surface area contributed by atoms with Crippen molar-refractivity contribution in [3.63, 3.8) is 0 Å². The fraction of sp³-hybridized carbons (Fsp3) is 0.923. The van der Waals surface area contributed by atoms with E-state index in [0.717, 1.165) is 25.9 Å². The van der Waals surface area contributed by atoms with Crippen LogP contribution in [0.25, 0.3) is 0 Å². The molecular formula is C13H26N2O4. The number of hydrogen-bond donors (Lipinski definition) is 1. The Hall–Kier alpha value is -0.690. The predicted octanol–water partition coefficient (Wildman–Crippen LogP) is -0.124. The minimum Gasteiger partial charge on any atom is -0.383 e. The maximum Gasteiger partial charge on any atom is 0.248 e. The second-order valence-corrected chi connectivity index (χ2v) is 4.63. The molecule has 0 aliphatic carbocycles. The van der Waals surface area contributed by atoms with Crippen LogP contribution < -0.4 is 5.32 Å². The van der Waals surface area contributed by atoms with Crippen LogP contribution in [-0.4, -0.2) is 77.1 Å². The van der Waals surface area contributed by atoms with E-state index in [9.17, 15) is 4.79 Å². The summed E-state index contributed by atoms with van der Waals surface area (Å²) in [7, 11) is 3.26. The first-order valence-electron chi connectivity index (χ1n) is 6.86. The van der Waals surface area contributed by atoms with E-state index in [2.05, 4.69) is 5.32 Å². The van der Waals surface area contributed by atoms with Gasteiger partial charge in [-0.05, 0) is 25.9 Å². The number of hydrogen-bond acceptors (Lipinski definition) is 5. The summed E-state index contributed by atoms with van der Waals surface area (Å²) in [6.45, 7) is 4.30. The molecule has 1 rings (SSSR count). The number of carbonyl (C=O) groups is 1. The number of methoxy groups -OCH3 is 2. The van der Waals surface area contributed by atoms with Crippen LogP contribution >= 0.6 is 0 Å². The number of nitrogens with zero attached hydrogens (tertiary/aromatic N) is 1. The van der Waals surface area contributed by atoms with Gasteiger partial charge < -0.3 is 24.4 Å². The van der Waals surface area contributed by atoms with Crippen LogP contribution in [0.3, 0.4) is 0 Å². The molecule has 1 heterocycles. The molecule has 0 atom stereocenters. The van der Waals surface area contributed by atoms with E-state index in [-0.39, 0.29) is 18.6 Å². The van der Waals surface area contributed by atoms with Crippen molar-refractivity contribution in [2.75, 3.05) is 60.2 Å². The third-order valence-electron chi connectivity index (χ3n) is 3.21. The minimum absolute atomic E-state index is 0.00707. The maximum absolute atomic E-state index is 12.1. The molecule has 0 aromatic rings. The van der Waals surface area contributed by atoms with Crippen molar-refractivity contribution in [2.45, 2.75) is 18.9 Å². The largest absolute Gasteiger partial charge is 0.383 e. The first-order valence-corrected chi connectivity index (χ1v) is 6.86. The van der Waals surface area contributed by atoms with Crippen molar-refractivity contribution < 1.29 is 19.0 Å². The van der Waals surface area contributed by atoms with Gasteiger partial charge in [0.15, 0.2) is 0 Å². The first-order chi connectivity index (χ1) is 9.27. The van der Waals surface area contributed by atoms with Gasteiger partial charge in [0.05, 0.1) is 19.3 Å². The highest BCUT2D eigenvalue weighted by molar-refractivity contribution is 5.77. The molecule has 0 aromatic carbocycles. The van der Waals surface area contributed by atoms with Crippen molar-refractivity contribution in [3.8, 4) is 0 Å². The lowest BCUT2D eigenvalue weighted by Gasteiger charge is -2.26. The van der Waals surface area contributed by atoms with Gasteiger partial charge in [0, 0.05) is 27.3 Å². The molecular weight excluding hydrogens is 248 g/mol. The third kappa shape index (κ3) is 6.87. The molecule has 19 heavy (non-hydrogen) atoms. The van der Waals surface area contributed by atoms with Gasteiger partial charge in [0.25, 0.3) is 0 Å². The fourth-order valence-electron chi connectivity index (χ4n) is 2.01. The lowest BCUT2D eigenvalue weighted by molar-refractivity contribution is -0.140. The van der Waals surface area contributed by atoms with Gasteiger partial charge in [-0.2, -0.15) is 0 Å². The van der Waals surface area contributed by atoms with Gasteiger partial charge in [0.1, 0.15) is 6.61 Å². The van der Waals surface area contributed by atoms with Crippen molar-refractivity contribution in [3.05, 3.63) is 0 Å². The van der Waals surface area contributed by atoms with E-state index in [4.69, 9.17) is 14.2 Å². The summed E-state index contributed by atoms with van der Waals surface area (Å²) in [5.41, 5.74) is 0. The highest BCUT2D eigenvalue weighted by Gasteiger charge is 2.18. The zero-order valence-corrected chi connectivity index (χ0v) is 12.0. The Morgan fingerprint density at radius 3 is 2.26 bits per heavy atom. The molecule has 0 aromatic heterocycles. The highest BCUT2D eigenvalue weighted by Crippen LogP contribution is 2.07. The zero-order chi connectivity index (χ0) is 13.9. The quantitative estimate of drug-likeness (QED) is 0.635. The van der Waals surface area contributed by atoms with Crippen LogP contribution in [0.1, 0.15) is 12.8 Å². The second kappa shape index (κ2) is 10.1.